The van der Waals surface area contributed by atoms with Crippen molar-refractivity contribution in [3.8, 4) is 28.1 Å². The molecule has 0 radical (unpaired) electrons. The molecule has 5 aromatic carbocycles. The second kappa shape index (κ2) is 10.5. The standard InChI is InChI=1S/C38H29F5N3/c1-20-22-14-9-10-15-23(22)26(38(2,3)4)18-25(20)36-37-35(44-19-45(36)5)28-24(29-30(39)32(41)34(43)33(42)31(29)40)16-11-17-27(28)46(37)21-12-7-6-8-13-21/h6-19H,1-5H3/q+1. The molecule has 3 nitrogen and oxygen atoms in total. The molecule has 0 unspecified atom stereocenters. The Morgan fingerprint density at radius 2 is 1.30 bits per heavy atom. The molecule has 0 saturated carbocycles. The fraction of sp³-hybridized carbons (Fsp3) is 0.158. The molecule has 230 valence electrons. The second-order valence-corrected chi connectivity index (χ2v) is 12.6. The van der Waals surface area contributed by atoms with Crippen molar-refractivity contribution in [1.82, 2.24) is 9.55 Å². The van der Waals surface area contributed by atoms with Gasteiger partial charge >= 0.3 is 0 Å². The maximum Gasteiger partial charge on any atom is 0.287 e. The highest BCUT2D eigenvalue weighted by Gasteiger charge is 2.32. The largest absolute Gasteiger partial charge is 0.302 e. The number of aromatic nitrogens is 3. The van der Waals surface area contributed by atoms with E-state index in [0.29, 0.717) is 16.6 Å². The third kappa shape index (κ3) is 4.23. The smallest absolute Gasteiger partial charge is 0.287 e. The molecule has 0 aliphatic rings. The first-order valence-electron chi connectivity index (χ1n) is 14.8. The quantitative estimate of drug-likeness (QED) is 0.0832. The molecule has 0 spiro atoms. The zero-order valence-corrected chi connectivity index (χ0v) is 25.8. The maximum atomic E-state index is 15.4. The normalized spacial score (nSPS) is 12.1. The van der Waals surface area contributed by atoms with E-state index in [0.717, 1.165) is 38.8 Å². The van der Waals surface area contributed by atoms with E-state index in [1.807, 2.05) is 58.6 Å². The number of para-hydroxylation sites is 1. The van der Waals surface area contributed by atoms with Gasteiger partial charge in [-0.1, -0.05) is 75.4 Å². The summed E-state index contributed by atoms with van der Waals surface area (Å²) >= 11 is 0. The van der Waals surface area contributed by atoms with Crippen LogP contribution in [0.4, 0.5) is 22.0 Å². The van der Waals surface area contributed by atoms with Gasteiger partial charge in [0.15, 0.2) is 29.0 Å². The Bertz CT molecular complexity index is 2340. The van der Waals surface area contributed by atoms with Gasteiger partial charge in [-0.2, -0.15) is 0 Å². The van der Waals surface area contributed by atoms with E-state index in [4.69, 9.17) is 4.98 Å². The highest BCUT2D eigenvalue weighted by atomic mass is 19.2. The van der Waals surface area contributed by atoms with Crippen molar-refractivity contribution in [3.63, 3.8) is 0 Å². The Morgan fingerprint density at radius 1 is 0.696 bits per heavy atom. The van der Waals surface area contributed by atoms with Crippen LogP contribution in [0.5, 0.6) is 0 Å². The summed E-state index contributed by atoms with van der Waals surface area (Å²) < 4.78 is 77.7. The lowest BCUT2D eigenvalue weighted by Crippen LogP contribution is -2.32. The number of benzene rings is 5. The molecular weight excluding hydrogens is 593 g/mol. The third-order valence-electron chi connectivity index (χ3n) is 8.78. The van der Waals surface area contributed by atoms with Crippen LogP contribution >= 0.6 is 0 Å². The lowest BCUT2D eigenvalue weighted by Gasteiger charge is -2.24. The van der Waals surface area contributed by atoms with Crippen molar-refractivity contribution in [2.24, 2.45) is 7.05 Å². The van der Waals surface area contributed by atoms with Crippen LogP contribution in [0.1, 0.15) is 31.9 Å². The van der Waals surface area contributed by atoms with E-state index in [9.17, 15) is 13.2 Å². The van der Waals surface area contributed by atoms with Gasteiger partial charge in [-0.05, 0) is 63.5 Å². The highest BCUT2D eigenvalue weighted by molar-refractivity contribution is 6.16. The first-order valence-corrected chi connectivity index (χ1v) is 14.8. The Balaban J connectivity index is 1.71. The van der Waals surface area contributed by atoms with E-state index in [2.05, 4.69) is 45.9 Å². The molecule has 0 aliphatic heterocycles. The van der Waals surface area contributed by atoms with Crippen molar-refractivity contribution in [2.45, 2.75) is 33.1 Å². The molecule has 0 atom stereocenters. The van der Waals surface area contributed by atoms with Gasteiger partial charge in [-0.3, -0.25) is 0 Å². The lowest BCUT2D eigenvalue weighted by molar-refractivity contribution is -0.662. The minimum absolute atomic E-state index is 0.150. The average Bonchev–Trinajstić information content (AvgIpc) is 3.38. The molecule has 2 aromatic heterocycles. The Morgan fingerprint density at radius 3 is 1.96 bits per heavy atom. The van der Waals surface area contributed by atoms with Crippen LogP contribution in [-0.2, 0) is 12.5 Å². The van der Waals surface area contributed by atoms with Gasteiger partial charge < -0.3 is 4.57 Å². The molecule has 0 bridgehead atoms. The Kier molecular flexibility index (Phi) is 6.74. The third-order valence-corrected chi connectivity index (χ3v) is 8.78. The molecule has 0 saturated heterocycles. The summed E-state index contributed by atoms with van der Waals surface area (Å²) in [6.07, 6.45) is 1.62. The molecule has 0 N–H and O–H groups in total. The molecule has 46 heavy (non-hydrogen) atoms. The van der Waals surface area contributed by atoms with Crippen molar-refractivity contribution >= 4 is 32.7 Å². The van der Waals surface area contributed by atoms with E-state index in [1.54, 1.807) is 18.5 Å². The van der Waals surface area contributed by atoms with Crippen LogP contribution in [0.25, 0.3) is 60.8 Å². The number of aryl methyl sites for hydroxylation is 2. The molecule has 7 aromatic rings. The van der Waals surface area contributed by atoms with Crippen LogP contribution in [0.2, 0.25) is 0 Å². The molecule has 7 rings (SSSR count). The monoisotopic (exact) mass is 622 g/mol. The van der Waals surface area contributed by atoms with Crippen LogP contribution < -0.4 is 4.57 Å². The summed E-state index contributed by atoms with van der Waals surface area (Å²) in [6.45, 7) is 8.54. The molecule has 0 aliphatic carbocycles. The SMILES string of the molecule is Cc1c(-c2c3c(nc[n+]2C)c2c(-c4c(F)c(F)c(F)c(F)c4F)cccc2n3-c2ccccc2)cc(C(C)(C)C)c2ccccc12. The van der Waals surface area contributed by atoms with Gasteiger partial charge in [0.1, 0.15) is 5.52 Å². The zero-order valence-electron chi connectivity index (χ0n) is 25.8. The van der Waals surface area contributed by atoms with Gasteiger partial charge in [0.25, 0.3) is 6.33 Å². The van der Waals surface area contributed by atoms with Gasteiger partial charge in [0.05, 0.1) is 23.5 Å². The number of hydrogen-bond acceptors (Lipinski definition) is 1. The van der Waals surface area contributed by atoms with Gasteiger partial charge in [-0.15, -0.1) is 0 Å². The van der Waals surface area contributed by atoms with E-state index >= 15 is 8.78 Å². The first kappa shape index (κ1) is 29.6. The van der Waals surface area contributed by atoms with Crippen LogP contribution in [-0.4, -0.2) is 9.55 Å². The zero-order chi connectivity index (χ0) is 32.7. The van der Waals surface area contributed by atoms with Crippen molar-refractivity contribution in [2.75, 3.05) is 0 Å². The van der Waals surface area contributed by atoms with Gasteiger partial charge in [0, 0.05) is 16.8 Å². The average molecular weight is 623 g/mol. The maximum absolute atomic E-state index is 15.4. The highest BCUT2D eigenvalue weighted by Crippen LogP contribution is 2.44. The minimum atomic E-state index is -2.20. The second-order valence-electron chi connectivity index (χ2n) is 12.6. The van der Waals surface area contributed by atoms with Crippen LogP contribution in [0.3, 0.4) is 0 Å². The van der Waals surface area contributed by atoms with E-state index in [1.165, 1.54) is 6.07 Å². The summed E-state index contributed by atoms with van der Waals surface area (Å²) in [7, 11) is 1.88. The van der Waals surface area contributed by atoms with Crippen molar-refractivity contribution in [1.29, 1.82) is 0 Å². The molecular formula is C38H29F5N3+. The Labute approximate surface area is 262 Å². The molecule has 8 heteroatoms. The Hall–Kier alpha value is -5.11. The number of fused-ring (bicyclic) bond motifs is 4. The number of nitrogens with zero attached hydrogens (tertiary/aromatic N) is 3. The van der Waals surface area contributed by atoms with E-state index < -0.39 is 34.6 Å². The summed E-state index contributed by atoms with van der Waals surface area (Å²) in [5.41, 5.74) is 4.73. The topological polar surface area (TPSA) is 21.7 Å². The fourth-order valence-electron chi connectivity index (χ4n) is 6.63. The number of halogens is 5. The number of hydrogen-bond donors (Lipinski definition) is 0. The molecule has 0 fully saturated rings. The van der Waals surface area contributed by atoms with Gasteiger partial charge in [-0.25, -0.2) is 26.5 Å². The predicted molar refractivity (Wildman–Crippen MR) is 171 cm³/mol. The van der Waals surface area contributed by atoms with Gasteiger partial charge in [0.2, 0.25) is 11.3 Å². The van der Waals surface area contributed by atoms with Crippen molar-refractivity contribution < 1.29 is 26.5 Å². The summed E-state index contributed by atoms with van der Waals surface area (Å²) in [5, 5.41) is 2.49. The predicted octanol–water partition coefficient (Wildman–Crippen LogP) is 9.79. The molecule has 2 heterocycles. The first-order chi connectivity index (χ1) is 21.9. The number of rotatable bonds is 3. The van der Waals surface area contributed by atoms with E-state index in [-0.39, 0.29) is 16.4 Å². The summed E-state index contributed by atoms with van der Waals surface area (Å²) in [5.74, 6) is -10.00. The van der Waals surface area contributed by atoms with Crippen molar-refractivity contribution in [3.05, 3.63) is 125 Å². The lowest BCUT2D eigenvalue weighted by atomic mass is 9.80. The summed E-state index contributed by atoms with van der Waals surface area (Å²) in [4.78, 5) is 4.75. The minimum Gasteiger partial charge on any atom is -0.302 e. The fourth-order valence-corrected chi connectivity index (χ4v) is 6.63. The van der Waals surface area contributed by atoms with Crippen LogP contribution in [0, 0.1) is 36.0 Å². The molecule has 0 amide bonds. The van der Waals surface area contributed by atoms with Crippen LogP contribution in [0.15, 0.2) is 85.2 Å². The summed E-state index contributed by atoms with van der Waals surface area (Å²) in [6, 6.07) is 24.5.